The normalized spacial score (nSPS) is 17.9. The molecule has 11 heteroatoms. The summed E-state index contributed by atoms with van der Waals surface area (Å²) in [6, 6.07) is 12.3. The molecule has 0 bridgehead atoms. The summed E-state index contributed by atoms with van der Waals surface area (Å²) in [5, 5.41) is 10.5. The zero-order chi connectivity index (χ0) is 22.7. The number of nitrogens with zero attached hydrogens (tertiary/aromatic N) is 2. The van der Waals surface area contributed by atoms with Gasteiger partial charge in [0, 0.05) is 27.5 Å². The monoisotopic (exact) mass is 475 g/mol. The number of rotatable bonds is 5. The molecule has 0 aliphatic heterocycles. The lowest BCUT2D eigenvalue weighted by Crippen LogP contribution is -2.40. The van der Waals surface area contributed by atoms with Crippen LogP contribution in [0.3, 0.4) is 0 Å². The van der Waals surface area contributed by atoms with Crippen LogP contribution in [0.4, 0.5) is 4.39 Å². The van der Waals surface area contributed by atoms with Crippen LogP contribution in [0, 0.1) is 5.92 Å². The summed E-state index contributed by atoms with van der Waals surface area (Å²) in [4.78, 5) is 17.7. The topological polar surface area (TPSA) is 126 Å². The highest BCUT2D eigenvalue weighted by molar-refractivity contribution is 7.92. The van der Waals surface area contributed by atoms with Crippen molar-refractivity contribution in [1.82, 2.24) is 15.1 Å². The molecule has 2 atom stereocenters. The number of sulfone groups is 1. The molecule has 2 aromatic carbocycles. The van der Waals surface area contributed by atoms with Crippen LogP contribution >= 0.6 is 11.6 Å². The molecule has 1 aliphatic carbocycles. The molecular formula is C21H15ClFN3O5S. The number of alkyl halides is 1. The van der Waals surface area contributed by atoms with Crippen LogP contribution in [0.25, 0.3) is 10.9 Å². The SMILES string of the molecule is O=C(O)c1noc(C(F)(C2Cc3[nH]c4ccc(Cl)cc4c3C2)S(=O)(=O)c2ccccc2)n1. The van der Waals surface area contributed by atoms with Gasteiger partial charge in [-0.05, 0) is 53.9 Å². The third-order valence-corrected chi connectivity index (χ3v) is 8.15. The highest BCUT2D eigenvalue weighted by atomic mass is 35.5. The highest BCUT2D eigenvalue weighted by Crippen LogP contribution is 2.49. The predicted molar refractivity (Wildman–Crippen MR) is 112 cm³/mol. The Morgan fingerprint density at radius 1 is 1.22 bits per heavy atom. The second kappa shape index (κ2) is 7.14. The Bertz CT molecular complexity index is 1470. The summed E-state index contributed by atoms with van der Waals surface area (Å²) < 4.78 is 48.8. The molecule has 0 spiro atoms. The van der Waals surface area contributed by atoms with Crippen molar-refractivity contribution in [3.8, 4) is 0 Å². The minimum atomic E-state index is -4.70. The molecule has 1 aliphatic rings. The standard InChI is InChI=1S/C21H15ClFN3O5S/c22-12-6-7-16-15(10-12)14-8-11(9-17(14)24-16)21(23,20-25-18(19(27)28)26-31-20)32(29,30)13-4-2-1-3-5-13/h1-7,10-11,24H,8-9H2,(H,27,28). The largest absolute Gasteiger partial charge is 0.475 e. The maximum Gasteiger partial charge on any atom is 0.377 e. The van der Waals surface area contributed by atoms with Crippen molar-refractivity contribution in [2.24, 2.45) is 5.92 Å². The third-order valence-electron chi connectivity index (χ3n) is 5.74. The predicted octanol–water partition coefficient (Wildman–Crippen LogP) is 3.91. The van der Waals surface area contributed by atoms with Gasteiger partial charge in [-0.2, -0.15) is 4.98 Å². The van der Waals surface area contributed by atoms with Crippen molar-refractivity contribution in [2.75, 3.05) is 0 Å². The van der Waals surface area contributed by atoms with Crippen LogP contribution in [0.1, 0.15) is 27.8 Å². The maximum atomic E-state index is 16.9. The number of aromatic nitrogens is 3. The number of carbonyl (C=O) groups is 1. The Morgan fingerprint density at radius 2 is 1.97 bits per heavy atom. The van der Waals surface area contributed by atoms with Gasteiger partial charge >= 0.3 is 5.97 Å². The molecule has 2 heterocycles. The molecule has 4 aromatic rings. The van der Waals surface area contributed by atoms with Crippen molar-refractivity contribution < 1.29 is 27.2 Å². The van der Waals surface area contributed by atoms with Gasteiger partial charge in [-0.25, -0.2) is 17.6 Å². The Balaban J connectivity index is 1.66. The maximum absolute atomic E-state index is 16.9. The first-order valence-electron chi connectivity index (χ1n) is 9.57. The van der Waals surface area contributed by atoms with Crippen LogP contribution in [0.15, 0.2) is 57.9 Å². The molecule has 0 radical (unpaired) electrons. The van der Waals surface area contributed by atoms with Gasteiger partial charge in [0.2, 0.25) is 9.84 Å². The summed E-state index contributed by atoms with van der Waals surface area (Å²) in [6.07, 6.45) is 0.0814. The molecule has 5 rings (SSSR count). The number of carboxylic acids is 1. The summed E-state index contributed by atoms with van der Waals surface area (Å²) in [6.45, 7) is 0. The van der Waals surface area contributed by atoms with Gasteiger partial charge in [-0.15, -0.1) is 0 Å². The number of hydrogen-bond donors (Lipinski definition) is 2. The molecule has 32 heavy (non-hydrogen) atoms. The Labute approximate surface area is 185 Å². The average Bonchev–Trinajstić information content (AvgIpc) is 3.49. The van der Waals surface area contributed by atoms with E-state index in [1.807, 2.05) is 0 Å². The number of halogens is 2. The molecule has 0 amide bonds. The average molecular weight is 476 g/mol. The van der Waals surface area contributed by atoms with Crippen LogP contribution in [0.2, 0.25) is 5.02 Å². The van der Waals surface area contributed by atoms with E-state index in [4.69, 9.17) is 21.2 Å². The first-order chi connectivity index (χ1) is 15.2. The van der Waals surface area contributed by atoms with E-state index in [0.29, 0.717) is 10.7 Å². The fourth-order valence-corrected chi connectivity index (χ4v) is 6.19. The van der Waals surface area contributed by atoms with E-state index in [1.54, 1.807) is 24.3 Å². The molecular weight excluding hydrogens is 461 g/mol. The van der Waals surface area contributed by atoms with E-state index < -0.39 is 38.4 Å². The van der Waals surface area contributed by atoms with Crippen LogP contribution in [-0.2, 0) is 27.7 Å². The summed E-state index contributed by atoms with van der Waals surface area (Å²) in [5.41, 5.74) is 2.23. The van der Waals surface area contributed by atoms with Crippen LogP contribution in [0.5, 0.6) is 0 Å². The lowest BCUT2D eigenvalue weighted by Gasteiger charge is -2.27. The number of aromatic carboxylic acids is 1. The summed E-state index contributed by atoms with van der Waals surface area (Å²) >= 11 is 6.11. The number of nitrogens with one attached hydrogen (secondary N) is 1. The van der Waals surface area contributed by atoms with Gasteiger partial charge < -0.3 is 14.6 Å². The zero-order valence-corrected chi connectivity index (χ0v) is 17.8. The Kier molecular flexibility index (Phi) is 4.61. The van der Waals surface area contributed by atoms with E-state index >= 15 is 4.39 Å². The van der Waals surface area contributed by atoms with Crippen molar-refractivity contribution in [3.63, 3.8) is 0 Å². The van der Waals surface area contributed by atoms with E-state index in [1.165, 1.54) is 24.3 Å². The number of carboxylic acid groups (broad SMARTS) is 1. The molecule has 2 aromatic heterocycles. The molecule has 0 saturated carbocycles. The molecule has 164 valence electrons. The smallest absolute Gasteiger partial charge is 0.377 e. The fraction of sp³-hybridized carbons (Fsp3) is 0.190. The second-order valence-corrected chi connectivity index (χ2v) is 10.1. The van der Waals surface area contributed by atoms with Gasteiger partial charge in [0.25, 0.3) is 16.7 Å². The summed E-state index contributed by atoms with van der Waals surface area (Å²) in [7, 11) is -4.70. The highest BCUT2D eigenvalue weighted by Gasteiger charge is 2.59. The molecule has 0 saturated heterocycles. The van der Waals surface area contributed by atoms with Crippen molar-refractivity contribution in [3.05, 3.63) is 76.5 Å². The number of hydrogen-bond acceptors (Lipinski definition) is 6. The zero-order valence-electron chi connectivity index (χ0n) is 16.2. The Morgan fingerprint density at radius 3 is 2.66 bits per heavy atom. The number of benzene rings is 2. The molecule has 2 unspecified atom stereocenters. The van der Waals surface area contributed by atoms with Gasteiger partial charge in [0.1, 0.15) is 0 Å². The second-order valence-electron chi connectivity index (χ2n) is 7.57. The third kappa shape index (κ3) is 2.94. The lowest BCUT2D eigenvalue weighted by molar-refractivity contribution is 0.0680. The van der Waals surface area contributed by atoms with Crippen LogP contribution in [-0.4, -0.2) is 34.6 Å². The minimum absolute atomic E-state index is 0.0367. The van der Waals surface area contributed by atoms with Crippen molar-refractivity contribution in [2.45, 2.75) is 22.7 Å². The lowest BCUT2D eigenvalue weighted by atomic mass is 9.98. The van der Waals surface area contributed by atoms with E-state index in [2.05, 4.69) is 15.1 Å². The van der Waals surface area contributed by atoms with E-state index in [-0.39, 0.29) is 17.7 Å². The molecule has 0 fully saturated rings. The van der Waals surface area contributed by atoms with Crippen molar-refractivity contribution in [1.29, 1.82) is 0 Å². The quantitative estimate of drug-likeness (QED) is 0.448. The Hall–Kier alpha value is -3.24. The van der Waals surface area contributed by atoms with Crippen molar-refractivity contribution >= 4 is 38.3 Å². The first kappa shape index (κ1) is 20.7. The first-order valence-corrected chi connectivity index (χ1v) is 11.4. The van der Waals surface area contributed by atoms with Gasteiger partial charge in [0.15, 0.2) is 0 Å². The fourth-order valence-electron chi connectivity index (χ4n) is 4.24. The molecule has 8 nitrogen and oxygen atoms in total. The van der Waals surface area contributed by atoms with E-state index in [9.17, 15) is 13.2 Å². The number of aromatic amines is 1. The number of H-pyrrole nitrogens is 1. The summed E-state index contributed by atoms with van der Waals surface area (Å²) in [5.74, 6) is -4.42. The van der Waals surface area contributed by atoms with Crippen LogP contribution < -0.4 is 0 Å². The van der Waals surface area contributed by atoms with E-state index in [0.717, 1.165) is 16.5 Å². The van der Waals surface area contributed by atoms with Gasteiger partial charge in [-0.3, -0.25) is 0 Å². The molecule has 2 N–H and O–H groups in total. The van der Waals surface area contributed by atoms with Gasteiger partial charge in [0.05, 0.1) is 4.90 Å². The minimum Gasteiger partial charge on any atom is -0.475 e. The number of fused-ring (bicyclic) bond motifs is 3. The van der Waals surface area contributed by atoms with Gasteiger partial charge in [-0.1, -0.05) is 29.8 Å².